The summed E-state index contributed by atoms with van der Waals surface area (Å²) in [5.74, 6) is -0.530. The van der Waals surface area contributed by atoms with Crippen molar-refractivity contribution in [2.45, 2.75) is 13.3 Å². The number of carbonyl (C=O) groups is 1. The van der Waals surface area contributed by atoms with E-state index in [1.807, 2.05) is 6.92 Å². The van der Waals surface area contributed by atoms with Crippen LogP contribution in [0.2, 0.25) is 0 Å². The average molecular weight is 239 g/mol. The lowest BCUT2D eigenvalue weighted by Crippen LogP contribution is -2.28. The number of nitrogens with one attached hydrogen (secondary N) is 1. The lowest BCUT2D eigenvalue weighted by Gasteiger charge is -2.11. The maximum absolute atomic E-state index is 11.7. The van der Waals surface area contributed by atoms with E-state index in [4.69, 9.17) is 5.11 Å². The number of phenols is 2. The lowest BCUT2D eigenvalue weighted by atomic mass is 10.1. The maximum atomic E-state index is 11.7. The van der Waals surface area contributed by atoms with Gasteiger partial charge in [0, 0.05) is 13.2 Å². The first kappa shape index (κ1) is 13.3. The van der Waals surface area contributed by atoms with Gasteiger partial charge in [-0.1, -0.05) is 6.92 Å². The zero-order chi connectivity index (χ0) is 12.8. The molecule has 0 saturated carbocycles. The van der Waals surface area contributed by atoms with Gasteiger partial charge in [-0.3, -0.25) is 4.79 Å². The summed E-state index contributed by atoms with van der Waals surface area (Å²) >= 11 is 0. The SMILES string of the molecule is CC(CCO)CNC(=O)c1cc(O)ccc1O. The molecule has 1 atom stereocenters. The molecule has 0 aliphatic rings. The zero-order valence-electron chi connectivity index (χ0n) is 9.68. The van der Waals surface area contributed by atoms with Crippen LogP contribution in [-0.4, -0.2) is 34.4 Å². The molecule has 0 aliphatic carbocycles. The zero-order valence-corrected chi connectivity index (χ0v) is 9.68. The minimum atomic E-state index is -0.441. The molecule has 1 aromatic rings. The summed E-state index contributed by atoms with van der Waals surface area (Å²) in [4.78, 5) is 11.7. The molecule has 0 aliphatic heterocycles. The molecule has 0 radical (unpaired) electrons. The van der Waals surface area contributed by atoms with Crippen molar-refractivity contribution in [2.75, 3.05) is 13.2 Å². The third-order valence-corrected chi connectivity index (χ3v) is 2.46. The third kappa shape index (κ3) is 3.96. The van der Waals surface area contributed by atoms with Gasteiger partial charge in [0.15, 0.2) is 0 Å². The molecule has 0 aromatic heterocycles. The molecule has 1 aromatic carbocycles. The number of rotatable bonds is 5. The first-order valence-corrected chi connectivity index (χ1v) is 5.45. The maximum Gasteiger partial charge on any atom is 0.255 e. The van der Waals surface area contributed by atoms with E-state index in [-0.39, 0.29) is 29.6 Å². The Kier molecular flexibility index (Phi) is 4.78. The molecule has 5 nitrogen and oxygen atoms in total. The molecule has 0 fully saturated rings. The number of hydrogen-bond acceptors (Lipinski definition) is 4. The summed E-state index contributed by atoms with van der Waals surface area (Å²) in [5, 5.41) is 30.0. The number of carbonyl (C=O) groups excluding carboxylic acids is 1. The van der Waals surface area contributed by atoms with Crippen LogP contribution in [-0.2, 0) is 0 Å². The monoisotopic (exact) mass is 239 g/mol. The van der Waals surface area contributed by atoms with Crippen LogP contribution in [0.4, 0.5) is 0 Å². The Hall–Kier alpha value is -1.75. The Balaban J connectivity index is 2.61. The van der Waals surface area contributed by atoms with Crippen LogP contribution in [0.1, 0.15) is 23.7 Å². The van der Waals surface area contributed by atoms with Gasteiger partial charge in [-0.25, -0.2) is 0 Å². The number of amides is 1. The Bertz CT molecular complexity index is 392. The number of aliphatic hydroxyl groups excluding tert-OH is 1. The van der Waals surface area contributed by atoms with E-state index in [9.17, 15) is 15.0 Å². The van der Waals surface area contributed by atoms with Crippen LogP contribution >= 0.6 is 0 Å². The van der Waals surface area contributed by atoms with Gasteiger partial charge < -0.3 is 20.6 Å². The predicted octanol–water partition coefficient (Wildman–Crippen LogP) is 0.846. The smallest absolute Gasteiger partial charge is 0.255 e. The first-order chi connectivity index (χ1) is 8.04. The molecule has 94 valence electrons. The summed E-state index contributed by atoms with van der Waals surface area (Å²) in [6.45, 7) is 2.39. The van der Waals surface area contributed by atoms with E-state index in [1.165, 1.54) is 18.2 Å². The van der Waals surface area contributed by atoms with Crippen molar-refractivity contribution in [3.8, 4) is 11.5 Å². The number of benzene rings is 1. The van der Waals surface area contributed by atoms with Crippen molar-refractivity contribution < 1.29 is 20.1 Å². The summed E-state index contributed by atoms with van der Waals surface area (Å²) in [5.41, 5.74) is 0.0428. The number of aromatic hydroxyl groups is 2. The highest BCUT2D eigenvalue weighted by Crippen LogP contribution is 2.21. The summed E-state index contributed by atoms with van der Waals surface area (Å²) in [7, 11) is 0. The van der Waals surface area contributed by atoms with E-state index in [0.717, 1.165) is 0 Å². The van der Waals surface area contributed by atoms with Gasteiger partial charge >= 0.3 is 0 Å². The van der Waals surface area contributed by atoms with Gasteiger partial charge in [0.05, 0.1) is 5.56 Å². The van der Waals surface area contributed by atoms with Crippen molar-refractivity contribution in [3.05, 3.63) is 23.8 Å². The number of phenolic OH excluding ortho intramolecular Hbond substituents is 2. The fourth-order valence-electron chi connectivity index (χ4n) is 1.39. The van der Waals surface area contributed by atoms with Gasteiger partial charge in [-0.05, 0) is 30.5 Å². The predicted molar refractivity (Wildman–Crippen MR) is 63.0 cm³/mol. The highest BCUT2D eigenvalue weighted by Gasteiger charge is 2.12. The molecular weight excluding hydrogens is 222 g/mol. The largest absolute Gasteiger partial charge is 0.508 e. The molecule has 0 saturated heterocycles. The second-order valence-corrected chi connectivity index (χ2v) is 4.03. The Morgan fingerprint density at radius 3 is 2.76 bits per heavy atom. The molecule has 1 rings (SSSR count). The molecule has 1 amide bonds. The average Bonchev–Trinajstić information content (AvgIpc) is 2.29. The Labute approximate surface area is 99.7 Å². The Morgan fingerprint density at radius 2 is 2.12 bits per heavy atom. The van der Waals surface area contributed by atoms with Crippen molar-refractivity contribution in [1.29, 1.82) is 0 Å². The van der Waals surface area contributed by atoms with Gasteiger partial charge in [0.2, 0.25) is 0 Å². The van der Waals surface area contributed by atoms with Gasteiger partial charge in [-0.2, -0.15) is 0 Å². The summed E-state index contributed by atoms with van der Waals surface area (Å²) < 4.78 is 0. The fourth-order valence-corrected chi connectivity index (χ4v) is 1.39. The van der Waals surface area contributed by atoms with E-state index in [0.29, 0.717) is 13.0 Å². The normalized spacial score (nSPS) is 12.1. The van der Waals surface area contributed by atoms with Crippen LogP contribution < -0.4 is 5.32 Å². The van der Waals surface area contributed by atoms with Gasteiger partial charge in [0.25, 0.3) is 5.91 Å². The molecule has 0 spiro atoms. The first-order valence-electron chi connectivity index (χ1n) is 5.45. The summed E-state index contributed by atoms with van der Waals surface area (Å²) in [6.07, 6.45) is 0.603. The lowest BCUT2D eigenvalue weighted by molar-refractivity contribution is 0.0942. The second-order valence-electron chi connectivity index (χ2n) is 4.03. The van der Waals surface area contributed by atoms with Crippen molar-refractivity contribution in [3.63, 3.8) is 0 Å². The van der Waals surface area contributed by atoms with Crippen molar-refractivity contribution >= 4 is 5.91 Å². The summed E-state index contributed by atoms with van der Waals surface area (Å²) in [6, 6.07) is 3.78. The molecule has 0 heterocycles. The van der Waals surface area contributed by atoms with Crippen LogP contribution in [0.3, 0.4) is 0 Å². The quantitative estimate of drug-likeness (QED) is 0.573. The number of hydrogen-bond donors (Lipinski definition) is 4. The molecule has 17 heavy (non-hydrogen) atoms. The van der Waals surface area contributed by atoms with E-state index in [1.54, 1.807) is 0 Å². The fraction of sp³-hybridized carbons (Fsp3) is 0.417. The van der Waals surface area contributed by atoms with E-state index < -0.39 is 5.91 Å². The van der Waals surface area contributed by atoms with E-state index in [2.05, 4.69) is 5.32 Å². The highest BCUT2D eigenvalue weighted by molar-refractivity contribution is 5.97. The standard InChI is InChI=1S/C12H17NO4/c1-8(4-5-14)7-13-12(17)10-6-9(15)2-3-11(10)16/h2-3,6,8,14-16H,4-5,7H2,1H3,(H,13,17). The topological polar surface area (TPSA) is 89.8 Å². The Morgan fingerprint density at radius 1 is 1.41 bits per heavy atom. The minimum Gasteiger partial charge on any atom is -0.508 e. The molecule has 4 N–H and O–H groups in total. The van der Waals surface area contributed by atoms with Crippen molar-refractivity contribution in [1.82, 2.24) is 5.32 Å². The van der Waals surface area contributed by atoms with Crippen LogP contribution in [0.15, 0.2) is 18.2 Å². The van der Waals surface area contributed by atoms with Crippen LogP contribution in [0.5, 0.6) is 11.5 Å². The van der Waals surface area contributed by atoms with Crippen LogP contribution in [0, 0.1) is 5.92 Å². The highest BCUT2D eigenvalue weighted by atomic mass is 16.3. The van der Waals surface area contributed by atoms with Gasteiger partial charge in [0.1, 0.15) is 11.5 Å². The van der Waals surface area contributed by atoms with E-state index >= 15 is 0 Å². The number of aliphatic hydroxyl groups is 1. The molecule has 0 bridgehead atoms. The van der Waals surface area contributed by atoms with Gasteiger partial charge in [-0.15, -0.1) is 0 Å². The van der Waals surface area contributed by atoms with Crippen molar-refractivity contribution in [2.24, 2.45) is 5.92 Å². The minimum absolute atomic E-state index is 0.0428. The third-order valence-electron chi connectivity index (χ3n) is 2.46. The molecular formula is C12H17NO4. The molecule has 1 unspecified atom stereocenters. The molecule has 5 heteroatoms. The van der Waals surface area contributed by atoms with Crippen LogP contribution in [0.25, 0.3) is 0 Å². The second kappa shape index (κ2) is 6.10.